The molecule has 1 saturated heterocycles. The maximum Gasteiger partial charge on any atom is 0.324 e. The van der Waals surface area contributed by atoms with Crippen molar-refractivity contribution in [2.24, 2.45) is 0 Å². The number of amides is 1. The number of morpholine rings is 1. The number of halogens is 1. The van der Waals surface area contributed by atoms with Crippen LogP contribution in [0.15, 0.2) is 30.3 Å². The molecule has 29 heavy (non-hydrogen) atoms. The van der Waals surface area contributed by atoms with Gasteiger partial charge in [-0.2, -0.15) is 0 Å². The summed E-state index contributed by atoms with van der Waals surface area (Å²) in [6.45, 7) is 3.74. The van der Waals surface area contributed by atoms with Crippen molar-refractivity contribution in [1.29, 1.82) is 0 Å². The highest BCUT2D eigenvalue weighted by Crippen LogP contribution is 2.32. The summed E-state index contributed by atoms with van der Waals surface area (Å²) in [4.78, 5) is 31.9. The van der Waals surface area contributed by atoms with Gasteiger partial charge in [0.05, 0.1) is 27.7 Å². The molecule has 0 bridgehead atoms. The van der Waals surface area contributed by atoms with Gasteiger partial charge in [0.1, 0.15) is 11.3 Å². The minimum absolute atomic E-state index is 0.100. The molecule has 8 nitrogen and oxygen atoms in total. The average Bonchev–Trinajstić information content (AvgIpc) is 3.37. The van der Waals surface area contributed by atoms with E-state index in [9.17, 15) is 19.3 Å². The summed E-state index contributed by atoms with van der Waals surface area (Å²) in [6.07, 6.45) is 0. The van der Waals surface area contributed by atoms with Crippen LogP contribution in [0.5, 0.6) is 0 Å². The molecular formula is C18H17FN4O4S2. The van der Waals surface area contributed by atoms with Crippen LogP contribution in [-0.2, 0) is 4.74 Å². The molecule has 0 spiro atoms. The molecule has 11 heteroatoms. The van der Waals surface area contributed by atoms with Crippen molar-refractivity contribution in [3.63, 3.8) is 0 Å². The van der Waals surface area contributed by atoms with Gasteiger partial charge in [0.15, 0.2) is 5.13 Å². The molecule has 0 radical (unpaired) electrons. The fourth-order valence-electron chi connectivity index (χ4n) is 3.04. The maximum atomic E-state index is 14.1. The van der Waals surface area contributed by atoms with E-state index in [2.05, 4.69) is 9.88 Å². The Morgan fingerprint density at radius 2 is 2.07 bits per heavy atom. The first-order chi connectivity index (χ1) is 14.0. The number of hydrogen-bond donors (Lipinski definition) is 0. The molecule has 3 heterocycles. The first kappa shape index (κ1) is 19.8. The maximum absolute atomic E-state index is 14.1. The summed E-state index contributed by atoms with van der Waals surface area (Å²) < 4.78 is 20.1. The molecule has 3 aromatic rings. The zero-order valence-corrected chi connectivity index (χ0v) is 16.9. The molecule has 0 atom stereocenters. The number of hydrogen-bond acceptors (Lipinski definition) is 8. The van der Waals surface area contributed by atoms with Gasteiger partial charge in [0.2, 0.25) is 0 Å². The molecule has 1 aliphatic heterocycles. The van der Waals surface area contributed by atoms with Crippen molar-refractivity contribution >= 4 is 48.9 Å². The lowest BCUT2D eigenvalue weighted by Gasteiger charge is -2.29. The van der Waals surface area contributed by atoms with E-state index in [0.717, 1.165) is 24.4 Å². The van der Waals surface area contributed by atoms with Crippen LogP contribution >= 0.6 is 22.7 Å². The number of thiophene rings is 1. The van der Waals surface area contributed by atoms with Crippen LogP contribution in [-0.4, -0.2) is 60.1 Å². The number of benzene rings is 1. The van der Waals surface area contributed by atoms with Gasteiger partial charge in [-0.3, -0.25) is 24.7 Å². The van der Waals surface area contributed by atoms with Crippen LogP contribution in [0.4, 0.5) is 14.5 Å². The van der Waals surface area contributed by atoms with Gasteiger partial charge in [-0.25, -0.2) is 9.37 Å². The van der Waals surface area contributed by atoms with Crippen LogP contribution in [0.2, 0.25) is 0 Å². The summed E-state index contributed by atoms with van der Waals surface area (Å²) in [6, 6.07) is 7.44. The monoisotopic (exact) mass is 436 g/mol. The predicted molar refractivity (Wildman–Crippen MR) is 109 cm³/mol. The number of thiazole rings is 1. The topological polar surface area (TPSA) is 88.8 Å². The Balaban J connectivity index is 1.64. The predicted octanol–water partition coefficient (Wildman–Crippen LogP) is 3.38. The molecule has 0 unspecified atom stereocenters. The van der Waals surface area contributed by atoms with Crippen LogP contribution < -0.4 is 4.90 Å². The third kappa shape index (κ3) is 4.27. The number of nitrogens with zero attached hydrogens (tertiary/aromatic N) is 4. The molecule has 1 aromatic carbocycles. The highest BCUT2D eigenvalue weighted by Gasteiger charge is 2.26. The Morgan fingerprint density at radius 1 is 1.28 bits per heavy atom. The molecule has 1 aliphatic rings. The minimum atomic E-state index is -0.521. The van der Waals surface area contributed by atoms with E-state index in [1.807, 2.05) is 0 Å². The van der Waals surface area contributed by atoms with Gasteiger partial charge in [-0.05, 0) is 18.2 Å². The third-order valence-electron chi connectivity index (χ3n) is 4.56. The number of aromatic nitrogens is 1. The van der Waals surface area contributed by atoms with E-state index in [1.54, 1.807) is 12.1 Å². The van der Waals surface area contributed by atoms with Crippen LogP contribution in [0.3, 0.4) is 0 Å². The highest BCUT2D eigenvalue weighted by atomic mass is 32.1. The average molecular weight is 436 g/mol. The molecule has 0 aliphatic carbocycles. The summed E-state index contributed by atoms with van der Waals surface area (Å²) >= 11 is 2.05. The lowest BCUT2D eigenvalue weighted by Crippen LogP contribution is -2.43. The zero-order valence-electron chi connectivity index (χ0n) is 15.2. The molecule has 0 saturated carbocycles. The Labute approximate surface area is 173 Å². The number of fused-ring (bicyclic) bond motifs is 1. The van der Waals surface area contributed by atoms with E-state index < -0.39 is 10.7 Å². The zero-order chi connectivity index (χ0) is 20.4. The lowest BCUT2D eigenvalue weighted by molar-refractivity contribution is -0.380. The number of ether oxygens (including phenoxy) is 1. The minimum Gasteiger partial charge on any atom is -0.379 e. The normalized spacial score (nSPS) is 14.9. The van der Waals surface area contributed by atoms with E-state index in [4.69, 9.17) is 4.74 Å². The first-order valence-electron chi connectivity index (χ1n) is 8.94. The molecule has 4 rings (SSSR count). The number of rotatable bonds is 6. The van der Waals surface area contributed by atoms with Crippen molar-refractivity contribution in [2.45, 2.75) is 0 Å². The summed E-state index contributed by atoms with van der Waals surface area (Å²) in [5, 5.41) is 11.3. The second-order valence-electron chi connectivity index (χ2n) is 6.39. The van der Waals surface area contributed by atoms with Gasteiger partial charge in [0.25, 0.3) is 5.91 Å². The summed E-state index contributed by atoms with van der Waals surface area (Å²) in [7, 11) is 0. The summed E-state index contributed by atoms with van der Waals surface area (Å²) in [5.74, 6) is -0.826. The number of para-hydroxylation sites is 1. The van der Waals surface area contributed by atoms with Gasteiger partial charge < -0.3 is 4.74 Å². The van der Waals surface area contributed by atoms with Crippen molar-refractivity contribution in [3.05, 3.63) is 51.1 Å². The quantitative estimate of drug-likeness (QED) is 0.435. The number of nitro groups is 1. The Kier molecular flexibility index (Phi) is 5.81. The molecule has 1 fully saturated rings. The van der Waals surface area contributed by atoms with E-state index in [-0.39, 0.29) is 21.3 Å². The molecule has 0 N–H and O–H groups in total. The molecule has 2 aromatic heterocycles. The van der Waals surface area contributed by atoms with Crippen molar-refractivity contribution in [2.75, 3.05) is 44.3 Å². The van der Waals surface area contributed by atoms with Crippen molar-refractivity contribution < 1.29 is 18.8 Å². The van der Waals surface area contributed by atoms with Crippen LogP contribution in [0.25, 0.3) is 10.2 Å². The van der Waals surface area contributed by atoms with Gasteiger partial charge in [-0.1, -0.05) is 28.7 Å². The highest BCUT2D eigenvalue weighted by molar-refractivity contribution is 7.22. The fourth-order valence-corrected chi connectivity index (χ4v) is 4.82. The first-order valence-corrected chi connectivity index (χ1v) is 10.6. The second kappa shape index (κ2) is 8.49. The number of carbonyl (C=O) groups excluding carboxylic acids is 1. The standard InChI is InChI=1S/C18H17FN4O4S2/c19-12-2-1-3-13-16(12)20-18(29-13)22(7-6-21-8-10-27-11-9-21)17(24)14-4-5-15(28-14)23(25)26/h1-5H,6-11H2. The fraction of sp³-hybridized carbons (Fsp3) is 0.333. The number of carbonyl (C=O) groups is 1. The molecule has 1 amide bonds. The van der Waals surface area contributed by atoms with Crippen LogP contribution in [0, 0.1) is 15.9 Å². The summed E-state index contributed by atoms with van der Waals surface area (Å²) in [5.41, 5.74) is 0.217. The molecular weight excluding hydrogens is 419 g/mol. The van der Waals surface area contributed by atoms with Crippen molar-refractivity contribution in [1.82, 2.24) is 9.88 Å². The molecule has 152 valence electrons. The number of anilines is 1. The third-order valence-corrected chi connectivity index (χ3v) is 6.63. The van der Waals surface area contributed by atoms with E-state index >= 15 is 0 Å². The Bertz CT molecular complexity index is 1050. The van der Waals surface area contributed by atoms with Gasteiger partial charge in [-0.15, -0.1) is 0 Å². The Hall–Kier alpha value is -2.47. The van der Waals surface area contributed by atoms with Crippen molar-refractivity contribution in [3.8, 4) is 0 Å². The smallest absolute Gasteiger partial charge is 0.324 e. The lowest BCUT2D eigenvalue weighted by atomic mass is 10.3. The second-order valence-corrected chi connectivity index (χ2v) is 8.46. The largest absolute Gasteiger partial charge is 0.379 e. The van der Waals surface area contributed by atoms with E-state index in [1.165, 1.54) is 34.4 Å². The van der Waals surface area contributed by atoms with E-state index in [0.29, 0.717) is 36.1 Å². The Morgan fingerprint density at radius 3 is 2.76 bits per heavy atom. The van der Waals surface area contributed by atoms with Crippen LogP contribution in [0.1, 0.15) is 9.67 Å². The van der Waals surface area contributed by atoms with Gasteiger partial charge >= 0.3 is 5.00 Å². The SMILES string of the molecule is O=C(c1ccc([N+](=O)[O-])s1)N(CCN1CCOCC1)c1nc2c(F)cccc2s1. The van der Waals surface area contributed by atoms with Gasteiger partial charge in [0, 0.05) is 32.2 Å².